The Morgan fingerprint density at radius 1 is 1.07 bits per heavy atom. The average Bonchev–Trinajstić information content (AvgIpc) is 3.13. The van der Waals surface area contributed by atoms with Crippen molar-refractivity contribution < 1.29 is 22.4 Å². The first-order valence-electron chi connectivity index (χ1n) is 8.32. The molecule has 1 aromatic heterocycles. The molecule has 0 aliphatic rings. The van der Waals surface area contributed by atoms with Crippen LogP contribution in [0.25, 0.3) is 17.4 Å². The second-order valence-corrected chi connectivity index (χ2v) is 6.94. The van der Waals surface area contributed by atoms with Gasteiger partial charge in [-0.3, -0.25) is 4.79 Å². The molecule has 0 fully saturated rings. The maximum Gasteiger partial charge on any atom is 0.416 e. The van der Waals surface area contributed by atoms with Gasteiger partial charge in [0.1, 0.15) is 23.2 Å². The van der Waals surface area contributed by atoms with E-state index in [9.17, 15) is 23.2 Å². The van der Waals surface area contributed by atoms with Crippen LogP contribution in [0.1, 0.15) is 11.3 Å². The van der Waals surface area contributed by atoms with E-state index in [0.29, 0.717) is 15.7 Å². The lowest BCUT2D eigenvalue weighted by atomic mass is 10.1. The average molecular weight is 451 g/mol. The monoisotopic (exact) mass is 450 g/mol. The van der Waals surface area contributed by atoms with Crippen molar-refractivity contribution in [1.29, 1.82) is 5.26 Å². The summed E-state index contributed by atoms with van der Waals surface area (Å²) in [6.45, 7) is 0. The number of nitriles is 1. The number of hydrogen-bond acceptors (Lipinski definition) is 3. The van der Waals surface area contributed by atoms with E-state index in [0.717, 1.165) is 12.1 Å². The van der Waals surface area contributed by atoms with Crippen LogP contribution in [0.5, 0.6) is 0 Å². The molecule has 3 rings (SSSR count). The topological polar surface area (TPSA) is 66.0 Å². The van der Waals surface area contributed by atoms with E-state index < -0.39 is 17.6 Å². The molecule has 4 nitrogen and oxygen atoms in total. The molecule has 0 radical (unpaired) electrons. The Morgan fingerprint density at radius 2 is 1.77 bits per heavy atom. The summed E-state index contributed by atoms with van der Waals surface area (Å²) in [5.74, 6) is -0.447. The van der Waals surface area contributed by atoms with Gasteiger partial charge in [-0.2, -0.15) is 18.4 Å². The van der Waals surface area contributed by atoms with Gasteiger partial charge in [0.25, 0.3) is 5.91 Å². The van der Waals surface area contributed by atoms with Crippen molar-refractivity contribution in [1.82, 2.24) is 0 Å². The lowest BCUT2D eigenvalue weighted by Crippen LogP contribution is -2.13. The van der Waals surface area contributed by atoms with Gasteiger partial charge in [0.15, 0.2) is 0 Å². The summed E-state index contributed by atoms with van der Waals surface area (Å²) < 4.78 is 44.2. The maximum absolute atomic E-state index is 12.9. The molecule has 0 aliphatic heterocycles. The molecule has 1 heterocycles. The summed E-state index contributed by atoms with van der Waals surface area (Å²) in [6, 6.07) is 13.7. The first-order valence-corrected chi connectivity index (χ1v) is 9.08. The van der Waals surface area contributed by atoms with E-state index in [1.54, 1.807) is 6.07 Å². The highest BCUT2D eigenvalue weighted by molar-refractivity contribution is 6.35. The first kappa shape index (κ1) is 21.5. The Kier molecular flexibility index (Phi) is 6.20. The molecule has 0 unspecified atom stereocenters. The van der Waals surface area contributed by atoms with Crippen LogP contribution in [-0.2, 0) is 11.0 Å². The fourth-order valence-electron chi connectivity index (χ4n) is 2.55. The van der Waals surface area contributed by atoms with Gasteiger partial charge >= 0.3 is 6.18 Å². The third-order valence-electron chi connectivity index (χ3n) is 3.87. The molecule has 0 saturated heterocycles. The molecule has 2 aromatic carbocycles. The highest BCUT2D eigenvalue weighted by Crippen LogP contribution is 2.33. The molecule has 1 amide bonds. The summed E-state index contributed by atoms with van der Waals surface area (Å²) >= 11 is 11.8. The zero-order valence-corrected chi connectivity index (χ0v) is 16.4. The molecular formula is C21H11Cl2F3N2O2. The summed E-state index contributed by atoms with van der Waals surface area (Å²) in [7, 11) is 0. The largest absolute Gasteiger partial charge is 0.457 e. The van der Waals surface area contributed by atoms with Gasteiger partial charge in [-0.1, -0.05) is 35.3 Å². The zero-order chi connectivity index (χ0) is 21.9. The number of carbonyl (C=O) groups is 1. The normalized spacial score (nSPS) is 11.8. The van der Waals surface area contributed by atoms with E-state index in [-0.39, 0.29) is 22.7 Å². The summed E-state index contributed by atoms with van der Waals surface area (Å²) in [4.78, 5) is 12.3. The van der Waals surface area contributed by atoms with E-state index in [1.165, 1.54) is 48.5 Å². The number of amides is 1. The Bertz CT molecular complexity index is 1160. The minimum absolute atomic E-state index is 0.123. The first-order chi connectivity index (χ1) is 14.2. The van der Waals surface area contributed by atoms with Crippen molar-refractivity contribution in [3.8, 4) is 17.4 Å². The molecule has 152 valence electrons. The lowest BCUT2D eigenvalue weighted by molar-refractivity contribution is -0.137. The smallest absolute Gasteiger partial charge is 0.416 e. The van der Waals surface area contributed by atoms with Crippen LogP contribution in [0.15, 0.2) is 64.6 Å². The van der Waals surface area contributed by atoms with Gasteiger partial charge in [0.05, 0.1) is 5.56 Å². The van der Waals surface area contributed by atoms with Crippen molar-refractivity contribution in [3.05, 3.63) is 81.5 Å². The Labute approximate surface area is 179 Å². The molecule has 0 spiro atoms. The van der Waals surface area contributed by atoms with Crippen LogP contribution in [0, 0.1) is 11.3 Å². The number of nitrogens with one attached hydrogen (secondary N) is 1. The van der Waals surface area contributed by atoms with Crippen LogP contribution in [0.4, 0.5) is 18.9 Å². The molecule has 0 saturated carbocycles. The van der Waals surface area contributed by atoms with Crippen molar-refractivity contribution in [2.45, 2.75) is 6.18 Å². The van der Waals surface area contributed by atoms with Gasteiger partial charge in [-0.15, -0.1) is 0 Å². The molecule has 0 bridgehead atoms. The number of halogens is 5. The molecule has 30 heavy (non-hydrogen) atoms. The zero-order valence-electron chi connectivity index (χ0n) is 14.9. The fraction of sp³-hybridized carbons (Fsp3) is 0.0476. The molecule has 3 aromatic rings. The number of furan rings is 1. The van der Waals surface area contributed by atoms with E-state index >= 15 is 0 Å². The number of anilines is 1. The second kappa shape index (κ2) is 8.66. The maximum atomic E-state index is 12.9. The van der Waals surface area contributed by atoms with Gasteiger partial charge in [-0.25, -0.2) is 0 Å². The van der Waals surface area contributed by atoms with Gasteiger partial charge < -0.3 is 9.73 Å². The van der Waals surface area contributed by atoms with Crippen LogP contribution < -0.4 is 5.32 Å². The summed E-state index contributed by atoms with van der Waals surface area (Å²) in [5.41, 5.74) is -0.592. The lowest BCUT2D eigenvalue weighted by Gasteiger charge is -2.07. The minimum atomic E-state index is -4.49. The van der Waals surface area contributed by atoms with Crippen molar-refractivity contribution in [2.24, 2.45) is 0 Å². The van der Waals surface area contributed by atoms with Crippen LogP contribution in [-0.4, -0.2) is 5.91 Å². The van der Waals surface area contributed by atoms with Crippen LogP contribution in [0.2, 0.25) is 10.0 Å². The third-order valence-corrected chi connectivity index (χ3v) is 4.31. The summed E-state index contributed by atoms with van der Waals surface area (Å²) in [5, 5.41) is 12.4. The molecule has 1 N–H and O–H groups in total. The Hall–Kier alpha value is -3.21. The fourth-order valence-corrected chi connectivity index (χ4v) is 3.08. The van der Waals surface area contributed by atoms with E-state index in [4.69, 9.17) is 27.6 Å². The van der Waals surface area contributed by atoms with Crippen molar-refractivity contribution in [2.75, 3.05) is 5.32 Å². The molecule has 9 heteroatoms. The molecule has 0 atom stereocenters. The second-order valence-electron chi connectivity index (χ2n) is 6.06. The van der Waals surface area contributed by atoms with E-state index in [1.807, 2.05) is 0 Å². The van der Waals surface area contributed by atoms with Gasteiger partial charge in [-0.05, 0) is 42.5 Å². The Balaban J connectivity index is 1.83. The number of rotatable bonds is 4. The van der Waals surface area contributed by atoms with Gasteiger partial charge in [0, 0.05) is 27.4 Å². The minimum Gasteiger partial charge on any atom is -0.457 e. The van der Waals surface area contributed by atoms with Crippen LogP contribution >= 0.6 is 23.2 Å². The summed E-state index contributed by atoms with van der Waals surface area (Å²) in [6.07, 6.45) is -3.31. The predicted molar refractivity (Wildman–Crippen MR) is 108 cm³/mol. The van der Waals surface area contributed by atoms with E-state index in [2.05, 4.69) is 5.32 Å². The molecule has 0 aliphatic carbocycles. The highest BCUT2D eigenvalue weighted by atomic mass is 35.5. The standard InChI is InChI=1S/C21H11Cl2F3N2O2/c22-15-8-16(23)10-17(9-15)28-20(29)13(11-27)7-18-4-5-19(30-18)12-2-1-3-14(6-12)21(24,25)26/h1-10H,(H,28,29). The number of carbonyl (C=O) groups excluding carboxylic acids is 1. The number of alkyl halides is 3. The number of hydrogen-bond donors (Lipinski definition) is 1. The number of benzene rings is 2. The highest BCUT2D eigenvalue weighted by Gasteiger charge is 2.30. The van der Waals surface area contributed by atoms with Crippen molar-refractivity contribution >= 4 is 40.9 Å². The quantitative estimate of drug-likeness (QED) is 0.350. The SMILES string of the molecule is N#CC(=Cc1ccc(-c2cccc(C(F)(F)F)c2)o1)C(=O)Nc1cc(Cl)cc(Cl)c1. The van der Waals surface area contributed by atoms with Gasteiger partial charge in [0.2, 0.25) is 0 Å². The van der Waals surface area contributed by atoms with Crippen molar-refractivity contribution in [3.63, 3.8) is 0 Å². The molecular weight excluding hydrogens is 440 g/mol. The Morgan fingerprint density at radius 3 is 2.40 bits per heavy atom. The third kappa shape index (κ3) is 5.23. The number of nitrogens with zero attached hydrogens (tertiary/aromatic N) is 1. The predicted octanol–water partition coefficient (Wildman–Crippen LogP) is 6.82. The van der Waals surface area contributed by atoms with Crippen LogP contribution in [0.3, 0.4) is 0 Å².